The summed E-state index contributed by atoms with van der Waals surface area (Å²) in [5.41, 5.74) is 3.19. The van der Waals surface area contributed by atoms with E-state index in [0.717, 1.165) is 19.1 Å². The van der Waals surface area contributed by atoms with Crippen molar-refractivity contribution in [2.75, 3.05) is 17.5 Å². The number of hydrogen-bond donors (Lipinski definition) is 2. The highest BCUT2D eigenvalue weighted by atomic mass is 35.5. The molecule has 0 saturated heterocycles. The number of aryl methyl sites for hydroxylation is 1. The first-order chi connectivity index (χ1) is 12.7. The fourth-order valence-corrected chi connectivity index (χ4v) is 3.46. The number of amides is 1. The minimum Gasteiger partial charge on any atom is -0.352 e. The van der Waals surface area contributed by atoms with E-state index < -0.39 is 10.0 Å². The molecular formula is C20H25ClN2O3S. The number of sulfonamides is 1. The molecule has 2 rings (SSSR count). The molecular weight excluding hydrogens is 384 g/mol. The zero-order valence-corrected chi connectivity index (χ0v) is 17.3. The topological polar surface area (TPSA) is 75.3 Å². The van der Waals surface area contributed by atoms with Gasteiger partial charge in [-0.05, 0) is 48.1 Å². The highest BCUT2D eigenvalue weighted by molar-refractivity contribution is 7.92. The van der Waals surface area contributed by atoms with Crippen molar-refractivity contribution in [2.24, 2.45) is 0 Å². The third-order valence-electron chi connectivity index (χ3n) is 4.09. The SMILES string of the molecule is CC(C)c1ccc(CCCNC(=O)c2ccc(NS(C)(=O)=O)cc2Cl)cc1. The molecule has 2 aromatic carbocycles. The normalized spacial score (nSPS) is 11.4. The second-order valence-electron chi connectivity index (χ2n) is 6.82. The van der Waals surface area contributed by atoms with Crippen LogP contribution in [0.3, 0.4) is 0 Å². The van der Waals surface area contributed by atoms with Crippen molar-refractivity contribution in [1.29, 1.82) is 0 Å². The Kier molecular flexibility index (Phi) is 7.27. The summed E-state index contributed by atoms with van der Waals surface area (Å²) in [6.07, 6.45) is 2.75. The molecule has 0 fully saturated rings. The molecule has 0 aliphatic heterocycles. The van der Waals surface area contributed by atoms with Crippen LogP contribution in [-0.2, 0) is 16.4 Å². The standard InChI is InChI=1S/C20H25ClN2O3S/c1-14(2)16-8-6-15(7-9-16)5-4-12-22-20(24)18-11-10-17(13-19(18)21)23-27(3,25)26/h6-11,13-14,23H,4-5,12H2,1-3H3,(H,22,24). The fraction of sp³-hybridized carbons (Fsp3) is 0.350. The van der Waals surface area contributed by atoms with Crippen LogP contribution in [-0.4, -0.2) is 27.1 Å². The van der Waals surface area contributed by atoms with Crippen LogP contribution in [0.5, 0.6) is 0 Å². The van der Waals surface area contributed by atoms with Crippen LogP contribution in [0.25, 0.3) is 0 Å². The van der Waals surface area contributed by atoms with Gasteiger partial charge in [-0.1, -0.05) is 49.7 Å². The molecule has 0 aromatic heterocycles. The van der Waals surface area contributed by atoms with E-state index in [-0.39, 0.29) is 10.9 Å². The first-order valence-electron chi connectivity index (χ1n) is 8.80. The van der Waals surface area contributed by atoms with Gasteiger partial charge in [0.1, 0.15) is 0 Å². The van der Waals surface area contributed by atoms with Crippen LogP contribution in [0.1, 0.15) is 47.7 Å². The Balaban J connectivity index is 1.85. The molecule has 7 heteroatoms. The summed E-state index contributed by atoms with van der Waals surface area (Å²) in [6, 6.07) is 13.0. The maximum Gasteiger partial charge on any atom is 0.252 e. The van der Waals surface area contributed by atoms with Gasteiger partial charge in [0.15, 0.2) is 0 Å². The number of carbonyl (C=O) groups excluding carboxylic acids is 1. The van der Waals surface area contributed by atoms with E-state index in [4.69, 9.17) is 11.6 Å². The molecule has 0 aliphatic rings. The predicted molar refractivity (Wildman–Crippen MR) is 111 cm³/mol. The fourth-order valence-electron chi connectivity index (χ4n) is 2.64. The number of carbonyl (C=O) groups is 1. The second kappa shape index (κ2) is 9.24. The number of benzene rings is 2. The smallest absolute Gasteiger partial charge is 0.252 e. The molecule has 0 radical (unpaired) electrons. The van der Waals surface area contributed by atoms with E-state index in [1.807, 2.05) is 0 Å². The van der Waals surface area contributed by atoms with Crippen LogP contribution >= 0.6 is 11.6 Å². The van der Waals surface area contributed by atoms with E-state index >= 15 is 0 Å². The molecule has 27 heavy (non-hydrogen) atoms. The van der Waals surface area contributed by atoms with E-state index in [0.29, 0.717) is 23.7 Å². The number of nitrogens with one attached hydrogen (secondary N) is 2. The molecule has 1 amide bonds. The highest BCUT2D eigenvalue weighted by Gasteiger charge is 2.12. The van der Waals surface area contributed by atoms with Crippen molar-refractivity contribution in [3.05, 3.63) is 64.2 Å². The van der Waals surface area contributed by atoms with E-state index in [2.05, 4.69) is 48.2 Å². The van der Waals surface area contributed by atoms with Gasteiger partial charge in [-0.25, -0.2) is 8.42 Å². The molecule has 2 aromatic rings. The Morgan fingerprint density at radius 3 is 2.33 bits per heavy atom. The summed E-state index contributed by atoms with van der Waals surface area (Å²) < 4.78 is 24.8. The first-order valence-corrected chi connectivity index (χ1v) is 11.1. The zero-order chi connectivity index (χ0) is 20.0. The molecule has 146 valence electrons. The minimum atomic E-state index is -3.39. The van der Waals surface area contributed by atoms with Crippen molar-refractivity contribution < 1.29 is 13.2 Å². The lowest BCUT2D eigenvalue weighted by Crippen LogP contribution is -2.25. The number of hydrogen-bond acceptors (Lipinski definition) is 3. The van der Waals surface area contributed by atoms with Crippen LogP contribution in [0.4, 0.5) is 5.69 Å². The maximum absolute atomic E-state index is 12.3. The molecule has 0 aliphatic carbocycles. The van der Waals surface area contributed by atoms with Crippen molar-refractivity contribution in [3.63, 3.8) is 0 Å². The Hall–Kier alpha value is -2.05. The van der Waals surface area contributed by atoms with Crippen molar-refractivity contribution in [2.45, 2.75) is 32.6 Å². The highest BCUT2D eigenvalue weighted by Crippen LogP contribution is 2.21. The molecule has 0 heterocycles. The third-order valence-corrected chi connectivity index (χ3v) is 5.01. The lowest BCUT2D eigenvalue weighted by molar-refractivity contribution is 0.0953. The van der Waals surface area contributed by atoms with Crippen molar-refractivity contribution in [1.82, 2.24) is 5.32 Å². The van der Waals surface area contributed by atoms with Gasteiger partial charge in [-0.15, -0.1) is 0 Å². The average Bonchev–Trinajstić information content (AvgIpc) is 2.57. The van der Waals surface area contributed by atoms with Crippen LogP contribution < -0.4 is 10.0 Å². The number of rotatable bonds is 8. The number of halogens is 1. The summed E-state index contributed by atoms with van der Waals surface area (Å²) in [4.78, 5) is 12.3. The van der Waals surface area contributed by atoms with Gasteiger partial charge in [0.05, 0.1) is 16.8 Å². The first kappa shape index (κ1) is 21.3. The monoisotopic (exact) mass is 408 g/mol. The molecule has 0 atom stereocenters. The minimum absolute atomic E-state index is 0.199. The van der Waals surface area contributed by atoms with Gasteiger partial charge in [0.25, 0.3) is 5.91 Å². The van der Waals surface area contributed by atoms with Gasteiger partial charge in [0.2, 0.25) is 10.0 Å². The molecule has 0 saturated carbocycles. The largest absolute Gasteiger partial charge is 0.352 e. The lowest BCUT2D eigenvalue weighted by Gasteiger charge is -2.10. The summed E-state index contributed by atoms with van der Waals surface area (Å²) in [7, 11) is -3.39. The summed E-state index contributed by atoms with van der Waals surface area (Å²) in [6.45, 7) is 4.86. The van der Waals surface area contributed by atoms with Gasteiger partial charge in [0, 0.05) is 12.2 Å². The molecule has 5 nitrogen and oxygen atoms in total. The van der Waals surface area contributed by atoms with Gasteiger partial charge >= 0.3 is 0 Å². The summed E-state index contributed by atoms with van der Waals surface area (Å²) in [5.74, 6) is 0.239. The Labute approximate surface area is 166 Å². The third kappa shape index (κ3) is 6.88. The van der Waals surface area contributed by atoms with Crippen LogP contribution in [0, 0.1) is 0 Å². The quantitative estimate of drug-likeness (QED) is 0.643. The summed E-state index contributed by atoms with van der Waals surface area (Å²) >= 11 is 6.11. The van der Waals surface area contributed by atoms with Crippen LogP contribution in [0.15, 0.2) is 42.5 Å². The summed E-state index contributed by atoms with van der Waals surface area (Å²) in [5, 5.41) is 3.04. The lowest BCUT2D eigenvalue weighted by atomic mass is 10.0. The zero-order valence-electron chi connectivity index (χ0n) is 15.8. The predicted octanol–water partition coefficient (Wildman–Crippen LogP) is 4.20. The average molecular weight is 409 g/mol. The van der Waals surface area contributed by atoms with E-state index in [1.165, 1.54) is 29.3 Å². The van der Waals surface area contributed by atoms with E-state index in [9.17, 15) is 13.2 Å². The molecule has 0 unspecified atom stereocenters. The Bertz CT molecular complexity index is 894. The molecule has 2 N–H and O–H groups in total. The van der Waals surface area contributed by atoms with Crippen molar-refractivity contribution >= 4 is 33.2 Å². The van der Waals surface area contributed by atoms with Crippen LogP contribution in [0.2, 0.25) is 5.02 Å². The van der Waals surface area contributed by atoms with E-state index in [1.54, 1.807) is 0 Å². The van der Waals surface area contributed by atoms with Crippen molar-refractivity contribution in [3.8, 4) is 0 Å². The van der Waals surface area contributed by atoms with Gasteiger partial charge in [-0.3, -0.25) is 9.52 Å². The maximum atomic E-state index is 12.3. The second-order valence-corrected chi connectivity index (χ2v) is 8.98. The Morgan fingerprint density at radius 2 is 1.78 bits per heavy atom. The Morgan fingerprint density at radius 1 is 1.11 bits per heavy atom. The number of anilines is 1. The van der Waals surface area contributed by atoms with Gasteiger partial charge in [-0.2, -0.15) is 0 Å². The molecule has 0 bridgehead atoms. The molecule has 0 spiro atoms. The van der Waals surface area contributed by atoms with Gasteiger partial charge < -0.3 is 5.32 Å².